The number of nitro groups is 1. The Balaban J connectivity index is 3.52. The Labute approximate surface area is 94.0 Å². The van der Waals surface area contributed by atoms with Crippen molar-refractivity contribution in [3.8, 4) is 0 Å². The Bertz CT molecular complexity index is 575. The van der Waals surface area contributed by atoms with E-state index in [0.29, 0.717) is 4.57 Å². The molecule has 0 atom stereocenters. The van der Waals surface area contributed by atoms with Gasteiger partial charge in [-0.2, -0.15) is 0 Å². The average Bonchev–Trinajstić information content (AvgIpc) is 2.09. The minimum atomic E-state index is -4.59. The Kier molecular flexibility index (Phi) is 3.32. The van der Waals surface area contributed by atoms with Crippen LogP contribution in [0, 0.1) is 17.0 Å². The van der Waals surface area contributed by atoms with E-state index in [-0.39, 0.29) is 5.69 Å². The van der Waals surface area contributed by atoms with Gasteiger partial charge < -0.3 is 15.5 Å². The van der Waals surface area contributed by atoms with Gasteiger partial charge in [0.15, 0.2) is 0 Å². The lowest BCUT2D eigenvalue weighted by Crippen LogP contribution is -2.27. The molecule has 11 heteroatoms. The molecule has 1 aromatic heterocycles. The van der Waals surface area contributed by atoms with Crippen molar-refractivity contribution in [1.82, 2.24) is 9.55 Å². The molecule has 0 saturated carbocycles. The van der Waals surface area contributed by atoms with Crippen molar-refractivity contribution in [3.63, 3.8) is 0 Å². The SMILES string of the molecule is Cc1nc(N)n(CP(=O)(O)O)c(=O)c1[N+](=O)[O-]. The Morgan fingerprint density at radius 2 is 2.12 bits per heavy atom. The molecule has 4 N–H and O–H groups in total. The molecule has 1 rings (SSSR count). The summed E-state index contributed by atoms with van der Waals surface area (Å²) in [5, 5.41) is 10.6. The summed E-state index contributed by atoms with van der Waals surface area (Å²) in [5.41, 5.74) is 3.03. The number of nitrogens with zero attached hydrogens (tertiary/aromatic N) is 3. The molecule has 1 heterocycles. The lowest BCUT2D eigenvalue weighted by Gasteiger charge is -2.10. The average molecular weight is 264 g/mol. The van der Waals surface area contributed by atoms with Gasteiger partial charge in [0.2, 0.25) is 5.95 Å². The van der Waals surface area contributed by atoms with Gasteiger partial charge in [-0.25, -0.2) is 4.98 Å². The molecule has 1 aromatic rings. The number of aromatic nitrogens is 2. The smallest absolute Gasteiger partial charge is 0.355 e. The second-order valence-corrected chi connectivity index (χ2v) is 4.81. The standard InChI is InChI=1S/C6H9N4O6P/c1-3-4(10(12)13)5(11)9(6(7)8-3)2-17(14,15)16/h2H2,1H3,(H2,7,8)(H2,14,15,16). The molecule has 0 aliphatic heterocycles. The summed E-state index contributed by atoms with van der Waals surface area (Å²) in [6, 6.07) is 0. The highest BCUT2D eigenvalue weighted by atomic mass is 31.2. The van der Waals surface area contributed by atoms with Crippen LogP contribution in [0.3, 0.4) is 0 Å². The molecule has 0 fully saturated rings. The molecular formula is C6H9N4O6P. The van der Waals surface area contributed by atoms with Crippen LogP contribution < -0.4 is 11.3 Å². The predicted octanol–water partition coefficient (Wildman–Crippen LogP) is -0.823. The molecule has 0 radical (unpaired) electrons. The maximum atomic E-state index is 11.6. The summed E-state index contributed by atoms with van der Waals surface area (Å²) < 4.78 is 11.1. The van der Waals surface area contributed by atoms with E-state index in [4.69, 9.17) is 15.5 Å². The van der Waals surface area contributed by atoms with Gasteiger partial charge in [-0.1, -0.05) is 0 Å². The molecule has 94 valence electrons. The van der Waals surface area contributed by atoms with Crippen LogP contribution in [0.5, 0.6) is 0 Å². The highest BCUT2D eigenvalue weighted by Crippen LogP contribution is 2.36. The fourth-order valence-electron chi connectivity index (χ4n) is 1.20. The summed E-state index contributed by atoms with van der Waals surface area (Å²) in [6.07, 6.45) is -1.05. The molecule has 0 aliphatic rings. The van der Waals surface area contributed by atoms with Crippen LogP contribution in [-0.2, 0) is 10.9 Å². The van der Waals surface area contributed by atoms with Crippen LogP contribution in [0.2, 0.25) is 0 Å². The van der Waals surface area contributed by atoms with E-state index in [1.807, 2.05) is 0 Å². The topological polar surface area (TPSA) is 162 Å². The van der Waals surface area contributed by atoms with Crippen molar-refractivity contribution in [3.05, 3.63) is 26.2 Å². The third kappa shape index (κ3) is 2.87. The Morgan fingerprint density at radius 1 is 1.59 bits per heavy atom. The fraction of sp³-hybridized carbons (Fsp3) is 0.333. The van der Waals surface area contributed by atoms with E-state index < -0.39 is 36.0 Å². The minimum absolute atomic E-state index is 0.209. The Morgan fingerprint density at radius 3 is 2.53 bits per heavy atom. The summed E-state index contributed by atoms with van der Waals surface area (Å²) in [4.78, 5) is 42.1. The van der Waals surface area contributed by atoms with Gasteiger partial charge >= 0.3 is 18.8 Å². The van der Waals surface area contributed by atoms with Crippen molar-refractivity contribution in [1.29, 1.82) is 0 Å². The van der Waals surface area contributed by atoms with E-state index in [1.54, 1.807) is 0 Å². The molecule has 0 amide bonds. The van der Waals surface area contributed by atoms with Crippen molar-refractivity contribution < 1.29 is 19.3 Å². The Hall–Kier alpha value is -1.77. The summed E-state index contributed by atoms with van der Waals surface area (Å²) in [6.45, 7) is 1.21. The molecule has 0 spiro atoms. The zero-order valence-electron chi connectivity index (χ0n) is 8.60. The summed E-state index contributed by atoms with van der Waals surface area (Å²) in [7, 11) is -4.59. The quantitative estimate of drug-likeness (QED) is 0.362. The van der Waals surface area contributed by atoms with Crippen molar-refractivity contribution >= 4 is 19.2 Å². The molecule has 0 bridgehead atoms. The van der Waals surface area contributed by atoms with Crippen LogP contribution in [0.25, 0.3) is 0 Å². The second kappa shape index (κ2) is 4.24. The van der Waals surface area contributed by atoms with Gasteiger partial charge in [0, 0.05) is 0 Å². The van der Waals surface area contributed by atoms with Crippen molar-refractivity contribution in [2.45, 2.75) is 13.2 Å². The maximum Gasteiger partial charge on any atom is 0.355 e. The highest BCUT2D eigenvalue weighted by molar-refractivity contribution is 7.50. The molecular weight excluding hydrogens is 255 g/mol. The molecule has 0 aliphatic carbocycles. The largest absolute Gasteiger partial charge is 0.369 e. The minimum Gasteiger partial charge on any atom is -0.369 e. The van der Waals surface area contributed by atoms with Crippen LogP contribution in [-0.4, -0.2) is 24.3 Å². The number of hydrogen-bond donors (Lipinski definition) is 3. The number of rotatable bonds is 3. The zero-order chi connectivity index (χ0) is 13.4. The van der Waals surface area contributed by atoms with E-state index in [9.17, 15) is 19.5 Å². The maximum absolute atomic E-state index is 11.6. The van der Waals surface area contributed by atoms with Crippen LogP contribution in [0.4, 0.5) is 11.6 Å². The first-order chi connectivity index (χ1) is 7.63. The van der Waals surface area contributed by atoms with E-state index in [0.717, 1.165) is 0 Å². The van der Waals surface area contributed by atoms with E-state index >= 15 is 0 Å². The van der Waals surface area contributed by atoms with Crippen LogP contribution in [0.1, 0.15) is 5.69 Å². The van der Waals surface area contributed by atoms with Gasteiger partial charge in [-0.15, -0.1) is 0 Å². The first-order valence-corrected chi connectivity index (χ1v) is 5.99. The zero-order valence-corrected chi connectivity index (χ0v) is 9.50. The van der Waals surface area contributed by atoms with Crippen molar-refractivity contribution in [2.24, 2.45) is 0 Å². The van der Waals surface area contributed by atoms with Crippen molar-refractivity contribution in [2.75, 3.05) is 5.73 Å². The van der Waals surface area contributed by atoms with Gasteiger partial charge in [-0.05, 0) is 6.92 Å². The fourth-order valence-corrected chi connectivity index (χ4v) is 1.84. The third-order valence-electron chi connectivity index (χ3n) is 1.86. The van der Waals surface area contributed by atoms with Gasteiger partial charge in [0.1, 0.15) is 12.0 Å². The monoisotopic (exact) mass is 264 g/mol. The lowest BCUT2D eigenvalue weighted by molar-refractivity contribution is -0.387. The predicted molar refractivity (Wildman–Crippen MR) is 56.3 cm³/mol. The summed E-state index contributed by atoms with van der Waals surface area (Å²) in [5.74, 6) is -0.485. The molecule has 17 heavy (non-hydrogen) atoms. The number of hydrogen-bond acceptors (Lipinski definition) is 6. The highest BCUT2D eigenvalue weighted by Gasteiger charge is 2.25. The van der Waals surface area contributed by atoms with Crippen LogP contribution in [0.15, 0.2) is 4.79 Å². The molecule has 10 nitrogen and oxygen atoms in total. The van der Waals surface area contributed by atoms with Gasteiger partial charge in [-0.3, -0.25) is 24.0 Å². The van der Waals surface area contributed by atoms with E-state index in [1.165, 1.54) is 6.92 Å². The molecule has 0 saturated heterocycles. The first kappa shape index (κ1) is 13.3. The molecule has 0 aromatic carbocycles. The summed E-state index contributed by atoms with van der Waals surface area (Å²) >= 11 is 0. The number of nitrogen functional groups attached to an aromatic ring is 1. The number of anilines is 1. The number of aryl methyl sites for hydroxylation is 1. The molecule has 0 unspecified atom stereocenters. The lowest BCUT2D eigenvalue weighted by atomic mass is 10.4. The third-order valence-corrected chi connectivity index (χ3v) is 2.51. The van der Waals surface area contributed by atoms with Gasteiger partial charge in [0.05, 0.1) is 4.92 Å². The van der Waals surface area contributed by atoms with E-state index in [2.05, 4.69) is 4.98 Å². The number of nitrogens with two attached hydrogens (primary N) is 1. The second-order valence-electron chi connectivity index (χ2n) is 3.20. The first-order valence-electron chi connectivity index (χ1n) is 4.19. The normalized spacial score (nSPS) is 11.5. The van der Waals surface area contributed by atoms with Crippen LogP contribution >= 0.6 is 7.60 Å². The van der Waals surface area contributed by atoms with Gasteiger partial charge in [0.25, 0.3) is 0 Å².